The fourth-order valence-corrected chi connectivity index (χ4v) is 6.57. The summed E-state index contributed by atoms with van der Waals surface area (Å²) in [5.41, 5.74) is 11.1. The molecule has 0 fully saturated rings. The molecule has 0 aliphatic heterocycles. The number of rotatable bonds is 10. The van der Waals surface area contributed by atoms with Crippen molar-refractivity contribution in [3.63, 3.8) is 0 Å². The molecule has 9 rings (SSSR count). The summed E-state index contributed by atoms with van der Waals surface area (Å²) in [5, 5.41) is 13.9. The first-order valence-corrected chi connectivity index (χ1v) is 16.6. The summed E-state index contributed by atoms with van der Waals surface area (Å²) in [6, 6.07) is 23.1. The topological polar surface area (TPSA) is 142 Å². The Hall–Kier alpha value is -6.69. The van der Waals surface area contributed by atoms with Crippen LogP contribution < -0.4 is 0 Å². The van der Waals surface area contributed by atoms with Gasteiger partial charge in [0.15, 0.2) is 0 Å². The van der Waals surface area contributed by atoms with Crippen molar-refractivity contribution in [2.24, 2.45) is 20.9 Å². The maximum Gasteiger partial charge on any atom is 0.129 e. The second-order valence-electron chi connectivity index (χ2n) is 12.4. The van der Waals surface area contributed by atoms with Crippen LogP contribution >= 0.6 is 0 Å². The molecule has 6 heterocycles. The number of fused-ring (bicyclic) bond motifs is 9. The Morgan fingerprint density at radius 2 is 0.647 bits per heavy atom. The fourth-order valence-electron chi connectivity index (χ4n) is 6.57. The molecular formula is C39H29N9O3. The van der Waals surface area contributed by atoms with Gasteiger partial charge in [0.2, 0.25) is 0 Å². The number of hydrogen-bond donors (Lipinski definition) is 0. The minimum absolute atomic E-state index is 0.153. The van der Waals surface area contributed by atoms with Gasteiger partial charge in [-0.3, -0.25) is 29.9 Å². The molecule has 12 nitrogen and oxygen atoms in total. The Bertz CT molecular complexity index is 2000. The third-order valence-corrected chi connectivity index (χ3v) is 9.38. The van der Waals surface area contributed by atoms with Crippen molar-refractivity contribution in [3.8, 4) is 34.2 Å². The SMILES string of the molecule is CCC(CON=C1c2cccnc2-c2ncccc21)(CON=C1c2cccnc2-c2ncccc21)CON=C1c2cccnc2-c2ncccc21. The summed E-state index contributed by atoms with van der Waals surface area (Å²) in [6.07, 6.45) is 11.1. The molecule has 0 amide bonds. The van der Waals surface area contributed by atoms with Gasteiger partial charge in [0.25, 0.3) is 0 Å². The average Bonchev–Trinajstić information content (AvgIpc) is 3.81. The molecule has 0 unspecified atom stereocenters. The zero-order chi connectivity index (χ0) is 34.2. The van der Waals surface area contributed by atoms with Crippen LogP contribution in [0.15, 0.2) is 125 Å². The highest BCUT2D eigenvalue weighted by atomic mass is 16.7. The third kappa shape index (κ3) is 5.19. The van der Waals surface area contributed by atoms with Crippen molar-refractivity contribution < 1.29 is 14.5 Å². The van der Waals surface area contributed by atoms with Crippen LogP contribution in [0.25, 0.3) is 34.2 Å². The van der Waals surface area contributed by atoms with Crippen LogP contribution in [0, 0.1) is 5.41 Å². The summed E-state index contributed by atoms with van der Waals surface area (Å²) < 4.78 is 0. The van der Waals surface area contributed by atoms with Crippen molar-refractivity contribution in [2.45, 2.75) is 13.3 Å². The quantitative estimate of drug-likeness (QED) is 0.158. The maximum atomic E-state index is 6.19. The van der Waals surface area contributed by atoms with E-state index in [1.165, 1.54) is 0 Å². The van der Waals surface area contributed by atoms with Crippen LogP contribution in [-0.2, 0) is 14.5 Å². The number of aromatic nitrogens is 6. The Balaban J connectivity index is 1.02. The van der Waals surface area contributed by atoms with Crippen molar-refractivity contribution >= 4 is 17.1 Å². The zero-order valence-electron chi connectivity index (χ0n) is 27.5. The van der Waals surface area contributed by atoms with Gasteiger partial charge >= 0.3 is 0 Å². The van der Waals surface area contributed by atoms with E-state index in [2.05, 4.69) is 52.3 Å². The lowest BCUT2D eigenvalue weighted by Gasteiger charge is -2.28. The van der Waals surface area contributed by atoms with E-state index in [0.29, 0.717) is 23.6 Å². The number of hydrogen-bond acceptors (Lipinski definition) is 12. The first-order valence-electron chi connectivity index (χ1n) is 16.6. The van der Waals surface area contributed by atoms with E-state index < -0.39 is 5.41 Å². The van der Waals surface area contributed by atoms with E-state index in [4.69, 9.17) is 14.5 Å². The monoisotopic (exact) mass is 671 g/mol. The predicted octanol–water partition coefficient (Wildman–Crippen LogP) is 6.10. The highest BCUT2D eigenvalue weighted by Crippen LogP contribution is 2.36. The van der Waals surface area contributed by atoms with Crippen molar-refractivity contribution in [2.75, 3.05) is 19.8 Å². The zero-order valence-corrected chi connectivity index (χ0v) is 27.5. The molecule has 3 aliphatic carbocycles. The number of pyridine rings is 6. The van der Waals surface area contributed by atoms with Crippen LogP contribution in [0.3, 0.4) is 0 Å². The van der Waals surface area contributed by atoms with Crippen molar-refractivity contribution in [3.05, 3.63) is 143 Å². The molecular weight excluding hydrogens is 642 g/mol. The summed E-state index contributed by atoms with van der Waals surface area (Å²) in [4.78, 5) is 45.9. The maximum absolute atomic E-state index is 6.19. The van der Waals surface area contributed by atoms with Gasteiger partial charge in [-0.25, -0.2) is 0 Å². The largest absolute Gasteiger partial charge is 0.394 e. The highest BCUT2D eigenvalue weighted by Gasteiger charge is 2.36. The van der Waals surface area contributed by atoms with E-state index in [0.717, 1.165) is 67.5 Å². The first kappa shape index (κ1) is 30.4. The van der Waals surface area contributed by atoms with Gasteiger partial charge < -0.3 is 14.5 Å². The standard InChI is InChI=1S/C39H29N9O3/c1-2-39(21-49-46-30-24-9-3-15-40-33(24)34-25(30)10-4-16-41-34,22-50-47-31-26-11-5-17-42-35(26)36-27(31)12-6-18-43-36)23-51-48-32-28-13-7-19-44-37(28)38-29(32)14-8-20-45-38/h3-20H,2,21-23H2,1H3. The minimum atomic E-state index is -0.714. The van der Waals surface area contributed by atoms with Gasteiger partial charge in [-0.2, -0.15) is 0 Å². The van der Waals surface area contributed by atoms with Gasteiger partial charge in [-0.1, -0.05) is 22.4 Å². The number of nitrogens with zero attached hydrogens (tertiary/aromatic N) is 9. The molecule has 51 heavy (non-hydrogen) atoms. The minimum Gasteiger partial charge on any atom is -0.394 e. The molecule has 0 saturated carbocycles. The number of oxime groups is 3. The normalized spacial score (nSPS) is 13.0. The average molecular weight is 672 g/mol. The lowest BCUT2D eigenvalue weighted by atomic mass is 9.88. The summed E-state index contributed by atoms with van der Waals surface area (Å²) in [7, 11) is 0. The van der Waals surface area contributed by atoms with Crippen molar-refractivity contribution in [1.82, 2.24) is 29.9 Å². The molecule has 12 heteroatoms. The Kier molecular flexibility index (Phi) is 7.53. The van der Waals surface area contributed by atoms with E-state index >= 15 is 0 Å². The lowest BCUT2D eigenvalue weighted by Crippen LogP contribution is -2.35. The van der Waals surface area contributed by atoms with Crippen LogP contribution in [0.4, 0.5) is 0 Å². The Morgan fingerprint density at radius 1 is 0.412 bits per heavy atom. The third-order valence-electron chi connectivity index (χ3n) is 9.38. The summed E-state index contributed by atoms with van der Waals surface area (Å²) in [5.74, 6) is 0. The summed E-state index contributed by atoms with van der Waals surface area (Å²) in [6.45, 7) is 2.51. The molecule has 0 bridgehead atoms. The van der Waals surface area contributed by atoms with Crippen LogP contribution in [0.1, 0.15) is 46.7 Å². The van der Waals surface area contributed by atoms with Crippen molar-refractivity contribution in [1.29, 1.82) is 0 Å². The molecule has 0 N–H and O–H groups in total. The van der Waals surface area contributed by atoms with Gasteiger partial charge in [0.05, 0.1) is 39.6 Å². The second-order valence-corrected chi connectivity index (χ2v) is 12.4. The van der Waals surface area contributed by atoms with Crippen LogP contribution in [0.5, 0.6) is 0 Å². The molecule has 0 atom stereocenters. The predicted molar refractivity (Wildman–Crippen MR) is 190 cm³/mol. The molecule has 6 aromatic heterocycles. The van der Waals surface area contributed by atoms with Crippen LogP contribution in [0.2, 0.25) is 0 Å². The van der Waals surface area contributed by atoms with Gasteiger partial charge in [-0.05, 0) is 79.2 Å². The van der Waals surface area contributed by atoms with E-state index in [1.54, 1.807) is 37.2 Å². The van der Waals surface area contributed by atoms with E-state index in [9.17, 15) is 0 Å². The highest BCUT2D eigenvalue weighted by molar-refractivity contribution is 6.24. The lowest BCUT2D eigenvalue weighted by molar-refractivity contribution is -0.0697. The van der Waals surface area contributed by atoms with Crippen LogP contribution in [-0.4, -0.2) is 66.9 Å². The summed E-state index contributed by atoms with van der Waals surface area (Å²) >= 11 is 0. The molecule has 248 valence electrons. The Labute approximate surface area is 292 Å². The molecule has 0 saturated heterocycles. The Morgan fingerprint density at radius 3 is 0.863 bits per heavy atom. The van der Waals surface area contributed by atoms with Gasteiger partial charge in [0.1, 0.15) is 37.0 Å². The molecule has 0 spiro atoms. The van der Waals surface area contributed by atoms with Gasteiger partial charge in [-0.15, -0.1) is 0 Å². The molecule has 0 radical (unpaired) electrons. The second kappa shape index (κ2) is 12.6. The molecule has 0 aromatic carbocycles. The molecule has 3 aliphatic rings. The van der Waals surface area contributed by atoms with E-state index in [1.807, 2.05) is 72.8 Å². The first-order chi connectivity index (χ1) is 25.2. The van der Waals surface area contributed by atoms with Gasteiger partial charge in [0, 0.05) is 70.6 Å². The molecule has 6 aromatic rings. The smallest absolute Gasteiger partial charge is 0.129 e. The van der Waals surface area contributed by atoms with E-state index in [-0.39, 0.29) is 19.8 Å². The fraction of sp³-hybridized carbons (Fsp3) is 0.154.